The Morgan fingerprint density at radius 1 is 1.03 bits per heavy atom. The van der Waals surface area contributed by atoms with Gasteiger partial charge in [0.15, 0.2) is 11.6 Å². The van der Waals surface area contributed by atoms with Crippen LogP contribution < -0.4 is 5.32 Å². The summed E-state index contributed by atoms with van der Waals surface area (Å²) < 4.78 is 28.2. The number of nitriles is 1. The molecule has 7 atom stereocenters. The average Bonchev–Trinajstić information content (AvgIpc) is 2.82. The number of fused-ring (bicyclic) bond motifs is 7. The monoisotopic (exact) mass is 540 g/mol. The van der Waals surface area contributed by atoms with Crippen LogP contribution in [0.4, 0.5) is 8.78 Å². The Labute approximate surface area is 230 Å². The zero-order valence-electron chi connectivity index (χ0n) is 24.3. The summed E-state index contributed by atoms with van der Waals surface area (Å²) in [6, 6.07) is 2.12. The lowest BCUT2D eigenvalue weighted by molar-refractivity contribution is -0.155. The molecule has 5 rings (SSSR count). The molecule has 0 aromatic carbocycles. The van der Waals surface area contributed by atoms with Crippen LogP contribution in [-0.4, -0.2) is 28.9 Å². The number of nitrogens with one attached hydrogen (secondary N) is 1. The van der Waals surface area contributed by atoms with Crippen molar-refractivity contribution in [1.82, 2.24) is 5.32 Å². The second-order valence-electron chi connectivity index (χ2n) is 15.1. The van der Waals surface area contributed by atoms with E-state index in [1.807, 2.05) is 19.9 Å². The van der Waals surface area contributed by atoms with E-state index in [1.165, 1.54) is 0 Å². The van der Waals surface area contributed by atoms with Crippen LogP contribution in [0.15, 0.2) is 23.3 Å². The fourth-order valence-corrected chi connectivity index (χ4v) is 9.83. The van der Waals surface area contributed by atoms with E-state index in [2.05, 4.69) is 39.1 Å². The van der Waals surface area contributed by atoms with Crippen molar-refractivity contribution in [1.29, 1.82) is 5.26 Å². The smallest absolute Gasteiger partial charge is 0.321 e. The molecule has 0 spiro atoms. The van der Waals surface area contributed by atoms with Crippen molar-refractivity contribution in [2.45, 2.75) is 105 Å². The van der Waals surface area contributed by atoms with E-state index in [-0.39, 0.29) is 51.6 Å². The molecule has 1 N–H and O–H groups in total. The number of amides is 1. The van der Waals surface area contributed by atoms with E-state index < -0.39 is 28.2 Å². The van der Waals surface area contributed by atoms with Crippen molar-refractivity contribution in [2.24, 2.45) is 45.3 Å². The summed E-state index contributed by atoms with van der Waals surface area (Å²) in [5.74, 6) is -5.49. The first-order valence-electron chi connectivity index (χ1n) is 14.5. The fraction of sp³-hybridized carbons (Fsp3) is 0.750. The fourth-order valence-electron chi connectivity index (χ4n) is 9.83. The standard InChI is InChI=1S/C32H42F2N2O3/c1-27(2)12-13-32(36-26(39)31(7,33)34)11-8-19-24(20(32)16-27)21(37)14-23-29(19,5)10-9-22-28(3,4)25(38)18(17-35)15-30(22,23)6/h14-15,19-20,22,24H,8-13,16H2,1-7H3,(H,36,39)/t19?,20?,22?,24?,29-,30?,32+/m0/s1. The highest BCUT2D eigenvalue weighted by Gasteiger charge is 2.66. The van der Waals surface area contributed by atoms with Gasteiger partial charge in [0.25, 0.3) is 5.91 Å². The minimum absolute atomic E-state index is 0.000228. The van der Waals surface area contributed by atoms with E-state index in [1.54, 1.807) is 6.08 Å². The Bertz CT molecular complexity index is 1250. The van der Waals surface area contributed by atoms with Crippen molar-refractivity contribution in [3.8, 4) is 6.07 Å². The maximum absolute atomic E-state index is 14.2. The Morgan fingerprint density at radius 3 is 2.31 bits per heavy atom. The van der Waals surface area contributed by atoms with Crippen LogP contribution in [0.2, 0.25) is 0 Å². The van der Waals surface area contributed by atoms with E-state index in [9.17, 15) is 28.4 Å². The van der Waals surface area contributed by atoms with E-state index in [0.717, 1.165) is 24.8 Å². The molecule has 5 nitrogen and oxygen atoms in total. The van der Waals surface area contributed by atoms with Crippen LogP contribution in [-0.2, 0) is 14.4 Å². The Balaban J connectivity index is 1.62. The third-order valence-electron chi connectivity index (χ3n) is 11.8. The molecule has 1 amide bonds. The molecule has 0 bridgehead atoms. The van der Waals surface area contributed by atoms with Gasteiger partial charge in [-0.2, -0.15) is 14.0 Å². The van der Waals surface area contributed by atoms with Gasteiger partial charge in [0.1, 0.15) is 6.07 Å². The van der Waals surface area contributed by atoms with Gasteiger partial charge in [0, 0.05) is 29.2 Å². The van der Waals surface area contributed by atoms with Gasteiger partial charge in [-0.25, -0.2) is 0 Å². The summed E-state index contributed by atoms with van der Waals surface area (Å²) in [5, 5.41) is 12.6. The normalized spacial score (nSPS) is 42.5. The minimum atomic E-state index is -3.48. The van der Waals surface area contributed by atoms with Crippen molar-refractivity contribution in [3.05, 3.63) is 23.3 Å². The van der Waals surface area contributed by atoms with Crippen molar-refractivity contribution in [2.75, 3.05) is 0 Å². The summed E-state index contributed by atoms with van der Waals surface area (Å²) in [7, 11) is 0. The summed E-state index contributed by atoms with van der Waals surface area (Å²) in [4.78, 5) is 40.0. The lowest BCUT2D eigenvalue weighted by atomic mass is 9.39. The molecule has 5 aliphatic carbocycles. The third-order valence-corrected chi connectivity index (χ3v) is 11.8. The van der Waals surface area contributed by atoms with Gasteiger partial charge >= 0.3 is 5.92 Å². The van der Waals surface area contributed by atoms with Crippen LogP contribution in [0.3, 0.4) is 0 Å². The number of carbonyl (C=O) groups excluding carboxylic acids is 3. The number of nitrogens with zero attached hydrogens (tertiary/aromatic N) is 1. The number of hydrogen-bond acceptors (Lipinski definition) is 4. The largest absolute Gasteiger partial charge is 0.345 e. The van der Waals surface area contributed by atoms with E-state index in [0.29, 0.717) is 32.6 Å². The number of Topliss-reactive ketones (excluding diaryl/α,β-unsaturated/α-hetero) is 1. The first-order valence-corrected chi connectivity index (χ1v) is 14.5. The predicted molar refractivity (Wildman–Crippen MR) is 143 cm³/mol. The van der Waals surface area contributed by atoms with Crippen LogP contribution in [0, 0.1) is 56.7 Å². The molecule has 39 heavy (non-hydrogen) atoms. The molecule has 3 fully saturated rings. The molecule has 3 saturated carbocycles. The molecule has 0 aliphatic heterocycles. The van der Waals surface area contributed by atoms with Gasteiger partial charge in [-0.3, -0.25) is 14.4 Å². The highest BCUT2D eigenvalue weighted by Crippen LogP contribution is 2.69. The third kappa shape index (κ3) is 3.90. The number of alkyl halides is 2. The summed E-state index contributed by atoms with van der Waals surface area (Å²) in [5.41, 5.74) is -1.36. The maximum Gasteiger partial charge on any atom is 0.321 e. The molecule has 0 radical (unpaired) electrons. The summed E-state index contributed by atoms with van der Waals surface area (Å²) in [6.07, 6.45) is 8.53. The molecule has 0 saturated heterocycles. The van der Waals surface area contributed by atoms with Gasteiger partial charge in [0.05, 0.1) is 5.57 Å². The maximum atomic E-state index is 14.2. The zero-order chi connectivity index (χ0) is 29.0. The molecule has 7 heteroatoms. The number of rotatable bonds is 2. The van der Waals surface area contributed by atoms with Crippen LogP contribution >= 0.6 is 0 Å². The molecule has 0 aromatic rings. The minimum Gasteiger partial charge on any atom is -0.345 e. The second kappa shape index (κ2) is 8.33. The highest BCUT2D eigenvalue weighted by atomic mass is 19.3. The molecule has 5 aliphatic rings. The second-order valence-corrected chi connectivity index (χ2v) is 15.1. The molecule has 212 valence electrons. The van der Waals surface area contributed by atoms with Gasteiger partial charge < -0.3 is 5.32 Å². The highest BCUT2D eigenvalue weighted by molar-refractivity contribution is 6.04. The van der Waals surface area contributed by atoms with Gasteiger partial charge in [-0.1, -0.05) is 53.2 Å². The van der Waals surface area contributed by atoms with Crippen molar-refractivity contribution >= 4 is 17.5 Å². The van der Waals surface area contributed by atoms with Crippen LogP contribution in [0.25, 0.3) is 0 Å². The quantitative estimate of drug-likeness (QED) is 0.443. The first-order chi connectivity index (χ1) is 17.8. The molecule has 0 aromatic heterocycles. The van der Waals surface area contributed by atoms with Gasteiger partial charge in [0.2, 0.25) is 0 Å². The molecular formula is C32H42F2N2O3. The Morgan fingerprint density at radius 2 is 1.69 bits per heavy atom. The Kier molecular flexibility index (Phi) is 6.02. The van der Waals surface area contributed by atoms with Crippen molar-refractivity contribution in [3.63, 3.8) is 0 Å². The summed E-state index contributed by atoms with van der Waals surface area (Å²) >= 11 is 0. The van der Waals surface area contributed by atoms with Crippen LogP contribution in [0.5, 0.6) is 0 Å². The topological polar surface area (TPSA) is 87.0 Å². The predicted octanol–water partition coefficient (Wildman–Crippen LogP) is 6.34. The van der Waals surface area contributed by atoms with Crippen molar-refractivity contribution < 1.29 is 23.2 Å². The van der Waals surface area contributed by atoms with Gasteiger partial charge in [-0.15, -0.1) is 0 Å². The van der Waals surface area contributed by atoms with Crippen LogP contribution in [0.1, 0.15) is 93.4 Å². The molecule has 0 heterocycles. The SMILES string of the molecule is CC1(C)CC[C@]2(NC(=O)C(C)(F)F)CCC3C(C(=O)C=C4C5(C)C=C(C#N)C(=O)C(C)(C)C5CC[C@]43C)C2C1. The summed E-state index contributed by atoms with van der Waals surface area (Å²) in [6.45, 7) is 13.1. The lowest BCUT2D eigenvalue weighted by Crippen LogP contribution is -2.67. The number of allylic oxidation sites excluding steroid dienone is 4. The first kappa shape index (κ1) is 28.2. The van der Waals surface area contributed by atoms with E-state index in [4.69, 9.17) is 0 Å². The van der Waals surface area contributed by atoms with Gasteiger partial charge in [-0.05, 0) is 79.6 Å². The lowest BCUT2D eigenvalue weighted by Gasteiger charge is -2.65. The number of carbonyl (C=O) groups is 3. The van der Waals surface area contributed by atoms with E-state index >= 15 is 0 Å². The molecular weight excluding hydrogens is 498 g/mol. The zero-order valence-corrected chi connectivity index (χ0v) is 24.3. The number of hydrogen-bond donors (Lipinski definition) is 1. The number of halogens is 2. The number of ketones is 2. The average molecular weight is 541 g/mol. The Hall–Kier alpha value is -2.36. The molecule has 5 unspecified atom stereocenters.